The molecule has 4 rings (SSSR count). The highest BCUT2D eigenvalue weighted by Crippen LogP contribution is 2.22. The average Bonchev–Trinajstić information content (AvgIpc) is 3.54. The van der Waals surface area contributed by atoms with Crippen molar-refractivity contribution in [2.45, 2.75) is 44.3 Å². The van der Waals surface area contributed by atoms with Gasteiger partial charge < -0.3 is 10.2 Å². The molecule has 1 N–H and O–H groups in total. The van der Waals surface area contributed by atoms with Crippen LogP contribution in [0.15, 0.2) is 66.1 Å². The molecular formula is C26H30N4O2S. The number of imidazole rings is 1. The van der Waals surface area contributed by atoms with E-state index in [-0.39, 0.29) is 17.6 Å². The van der Waals surface area contributed by atoms with Crippen LogP contribution in [-0.4, -0.2) is 45.1 Å². The third-order valence-corrected chi connectivity index (χ3v) is 6.83. The summed E-state index contributed by atoms with van der Waals surface area (Å²) in [5.74, 6) is 0.809. The first-order valence-electron chi connectivity index (χ1n) is 11.4. The van der Waals surface area contributed by atoms with Crippen LogP contribution in [-0.2, 0) is 11.3 Å². The van der Waals surface area contributed by atoms with Gasteiger partial charge in [-0.15, -0.1) is 0 Å². The van der Waals surface area contributed by atoms with Crippen molar-refractivity contribution < 1.29 is 9.59 Å². The molecule has 2 aromatic carbocycles. The molecule has 1 saturated heterocycles. The fourth-order valence-corrected chi connectivity index (χ4v) is 4.67. The zero-order valence-electron chi connectivity index (χ0n) is 19.2. The molecule has 3 aromatic rings. The Morgan fingerprint density at radius 1 is 1.03 bits per heavy atom. The molecule has 1 aromatic heterocycles. The fraction of sp³-hybridized carbons (Fsp3) is 0.346. The van der Waals surface area contributed by atoms with Crippen molar-refractivity contribution in [3.63, 3.8) is 0 Å². The minimum Gasteiger partial charge on any atom is -0.351 e. The Morgan fingerprint density at radius 2 is 1.73 bits per heavy atom. The van der Waals surface area contributed by atoms with Crippen LogP contribution >= 0.6 is 11.8 Å². The van der Waals surface area contributed by atoms with E-state index in [0.29, 0.717) is 18.0 Å². The van der Waals surface area contributed by atoms with Crippen molar-refractivity contribution in [2.24, 2.45) is 0 Å². The predicted molar refractivity (Wildman–Crippen MR) is 132 cm³/mol. The molecule has 2 amide bonds. The van der Waals surface area contributed by atoms with Crippen LogP contribution in [0.5, 0.6) is 0 Å². The summed E-state index contributed by atoms with van der Waals surface area (Å²) in [5, 5.41) is 3.74. The van der Waals surface area contributed by atoms with Gasteiger partial charge in [-0.3, -0.25) is 14.2 Å². The smallest absolute Gasteiger partial charge is 0.253 e. The molecule has 1 aliphatic heterocycles. The van der Waals surface area contributed by atoms with Crippen LogP contribution in [0.4, 0.5) is 0 Å². The predicted octanol–water partition coefficient (Wildman–Crippen LogP) is 4.64. The highest BCUT2D eigenvalue weighted by Gasteiger charge is 2.19. The summed E-state index contributed by atoms with van der Waals surface area (Å²) >= 11 is 1.41. The number of amides is 2. The maximum Gasteiger partial charge on any atom is 0.253 e. The summed E-state index contributed by atoms with van der Waals surface area (Å²) in [4.78, 5) is 31.2. The molecule has 0 radical (unpaired) electrons. The molecule has 0 atom stereocenters. The number of carbonyl (C=O) groups is 2. The van der Waals surface area contributed by atoms with Gasteiger partial charge in [-0.25, -0.2) is 4.98 Å². The zero-order chi connectivity index (χ0) is 23.2. The van der Waals surface area contributed by atoms with Crippen molar-refractivity contribution in [3.8, 4) is 5.69 Å². The molecule has 0 aliphatic carbocycles. The minimum absolute atomic E-state index is 0.0538. The average molecular weight is 463 g/mol. The fourth-order valence-electron chi connectivity index (χ4n) is 3.86. The first-order valence-corrected chi connectivity index (χ1v) is 12.4. The second-order valence-corrected chi connectivity index (χ2v) is 9.53. The molecule has 1 aliphatic rings. The second kappa shape index (κ2) is 10.7. The van der Waals surface area contributed by atoms with E-state index in [4.69, 9.17) is 0 Å². The summed E-state index contributed by atoms with van der Waals surface area (Å²) in [7, 11) is 0. The Balaban J connectivity index is 1.27. The quantitative estimate of drug-likeness (QED) is 0.495. The van der Waals surface area contributed by atoms with Crippen LogP contribution < -0.4 is 5.32 Å². The molecule has 0 bridgehead atoms. The van der Waals surface area contributed by atoms with E-state index >= 15 is 0 Å². The molecule has 0 unspecified atom stereocenters. The molecule has 172 valence electrons. The van der Waals surface area contributed by atoms with Gasteiger partial charge in [0.25, 0.3) is 5.91 Å². The van der Waals surface area contributed by atoms with E-state index < -0.39 is 0 Å². The third-order valence-electron chi connectivity index (χ3n) is 5.86. The van der Waals surface area contributed by atoms with Crippen molar-refractivity contribution in [2.75, 3.05) is 18.8 Å². The third kappa shape index (κ3) is 5.85. The normalized spacial score (nSPS) is 13.5. The van der Waals surface area contributed by atoms with E-state index in [9.17, 15) is 9.59 Å². The van der Waals surface area contributed by atoms with Gasteiger partial charge >= 0.3 is 0 Å². The van der Waals surface area contributed by atoms with Gasteiger partial charge in [0.05, 0.1) is 5.75 Å². The number of benzene rings is 2. The minimum atomic E-state index is -0.0538. The maximum atomic E-state index is 12.4. The van der Waals surface area contributed by atoms with Crippen molar-refractivity contribution in [1.82, 2.24) is 19.8 Å². The summed E-state index contributed by atoms with van der Waals surface area (Å²) in [6, 6.07) is 15.9. The standard InChI is InChI=1S/C26H30N4O2S/c1-19(2)21-9-11-23(12-10-21)30-16-13-27-26(30)33-18-24(31)28-17-20-5-7-22(8-6-20)25(32)29-14-3-4-15-29/h5-13,16,19H,3-4,14-15,17-18H2,1-2H3,(H,28,31). The van der Waals surface area contributed by atoms with E-state index in [1.165, 1.54) is 17.3 Å². The van der Waals surface area contributed by atoms with Gasteiger partial charge in [0.2, 0.25) is 5.91 Å². The van der Waals surface area contributed by atoms with Crippen LogP contribution in [0.2, 0.25) is 0 Å². The van der Waals surface area contributed by atoms with Crippen LogP contribution in [0.1, 0.15) is 54.1 Å². The Kier molecular flexibility index (Phi) is 7.50. The lowest BCUT2D eigenvalue weighted by Crippen LogP contribution is -2.27. The molecule has 0 spiro atoms. The molecule has 7 heteroatoms. The monoisotopic (exact) mass is 462 g/mol. The molecule has 2 heterocycles. The van der Waals surface area contributed by atoms with Crippen LogP contribution in [0, 0.1) is 0 Å². The lowest BCUT2D eigenvalue weighted by molar-refractivity contribution is -0.118. The number of nitrogens with one attached hydrogen (secondary N) is 1. The van der Waals surface area contributed by atoms with Crippen LogP contribution in [0.25, 0.3) is 5.69 Å². The van der Waals surface area contributed by atoms with Crippen molar-refractivity contribution >= 4 is 23.6 Å². The number of likely N-dealkylation sites (tertiary alicyclic amines) is 1. The number of thioether (sulfide) groups is 1. The Labute approximate surface area is 199 Å². The van der Waals surface area contributed by atoms with Gasteiger partial charge in [0, 0.05) is 43.3 Å². The largest absolute Gasteiger partial charge is 0.351 e. The topological polar surface area (TPSA) is 67.2 Å². The zero-order valence-corrected chi connectivity index (χ0v) is 20.0. The van der Waals surface area contributed by atoms with Gasteiger partial charge in [-0.2, -0.15) is 0 Å². The van der Waals surface area contributed by atoms with Gasteiger partial charge in [-0.05, 0) is 54.2 Å². The number of hydrogen-bond donors (Lipinski definition) is 1. The molecular weight excluding hydrogens is 432 g/mol. The highest BCUT2D eigenvalue weighted by atomic mass is 32.2. The number of rotatable bonds is 8. The maximum absolute atomic E-state index is 12.4. The van der Waals surface area contributed by atoms with Gasteiger partial charge in [0.15, 0.2) is 5.16 Å². The summed E-state index contributed by atoms with van der Waals surface area (Å²) in [5.41, 5.74) is 4.00. The molecule has 33 heavy (non-hydrogen) atoms. The lowest BCUT2D eigenvalue weighted by atomic mass is 10.0. The number of aromatic nitrogens is 2. The van der Waals surface area contributed by atoms with Gasteiger partial charge in [0.1, 0.15) is 0 Å². The summed E-state index contributed by atoms with van der Waals surface area (Å²) in [6.07, 6.45) is 5.83. The Hall–Kier alpha value is -3.06. The molecule has 6 nitrogen and oxygen atoms in total. The number of nitrogens with zero attached hydrogens (tertiary/aromatic N) is 3. The second-order valence-electron chi connectivity index (χ2n) is 8.59. The number of carbonyl (C=O) groups excluding carboxylic acids is 2. The first-order chi connectivity index (χ1) is 16.0. The lowest BCUT2D eigenvalue weighted by Gasteiger charge is -2.15. The summed E-state index contributed by atoms with van der Waals surface area (Å²) in [6.45, 7) is 6.47. The SMILES string of the molecule is CC(C)c1ccc(-n2ccnc2SCC(=O)NCc2ccc(C(=O)N3CCCC3)cc2)cc1. The Bertz CT molecular complexity index is 1080. The van der Waals surface area contributed by atoms with Gasteiger partial charge in [-0.1, -0.05) is 49.9 Å². The van der Waals surface area contributed by atoms with E-state index in [0.717, 1.165) is 42.3 Å². The Morgan fingerprint density at radius 3 is 2.39 bits per heavy atom. The van der Waals surface area contributed by atoms with Crippen molar-refractivity contribution in [1.29, 1.82) is 0 Å². The van der Waals surface area contributed by atoms with E-state index in [1.54, 1.807) is 6.20 Å². The molecule has 0 saturated carbocycles. The highest BCUT2D eigenvalue weighted by molar-refractivity contribution is 7.99. The first kappa shape index (κ1) is 23.1. The molecule has 1 fully saturated rings. The number of hydrogen-bond acceptors (Lipinski definition) is 4. The van der Waals surface area contributed by atoms with E-state index in [1.807, 2.05) is 39.9 Å². The van der Waals surface area contributed by atoms with Crippen molar-refractivity contribution in [3.05, 3.63) is 77.6 Å². The van der Waals surface area contributed by atoms with Crippen LogP contribution in [0.3, 0.4) is 0 Å². The summed E-state index contributed by atoms with van der Waals surface area (Å²) < 4.78 is 2.00. The van der Waals surface area contributed by atoms with E-state index in [2.05, 4.69) is 48.4 Å².